The Morgan fingerprint density at radius 1 is 1.57 bits per heavy atom. The van der Waals surface area contributed by atoms with Crippen molar-refractivity contribution in [2.45, 2.75) is 12.5 Å². The summed E-state index contributed by atoms with van der Waals surface area (Å²) < 4.78 is 4.97. The Balaban J connectivity index is 2.87. The lowest BCUT2D eigenvalue weighted by atomic mass is 10.1. The summed E-state index contributed by atoms with van der Waals surface area (Å²) in [5.74, 6) is -0.815. The van der Waals surface area contributed by atoms with E-state index in [1.54, 1.807) is 24.3 Å². The molecule has 1 aromatic carbocycles. The molecule has 4 nitrogen and oxygen atoms in total. The van der Waals surface area contributed by atoms with Gasteiger partial charge in [0.1, 0.15) is 5.75 Å². The van der Waals surface area contributed by atoms with Gasteiger partial charge in [-0.15, -0.1) is 0 Å². The van der Waals surface area contributed by atoms with Crippen molar-refractivity contribution in [3.05, 3.63) is 29.8 Å². The van der Waals surface area contributed by atoms with Crippen molar-refractivity contribution in [3.63, 3.8) is 0 Å². The molecule has 1 N–H and O–H groups in total. The Morgan fingerprint density at radius 3 is 2.79 bits per heavy atom. The van der Waals surface area contributed by atoms with Gasteiger partial charge >= 0.3 is 0 Å². The average Bonchev–Trinajstić information content (AvgIpc) is 2.16. The van der Waals surface area contributed by atoms with Crippen LogP contribution < -0.4 is 9.84 Å². The number of carbonyl (C=O) groups excluding carboxylic acids is 1. The third kappa shape index (κ3) is 2.47. The average molecular weight is 195 g/mol. The summed E-state index contributed by atoms with van der Waals surface area (Å²) in [5.41, 5.74) is 0.458. The van der Waals surface area contributed by atoms with Crippen molar-refractivity contribution >= 4 is 5.97 Å². The summed E-state index contributed by atoms with van der Waals surface area (Å²) in [7, 11) is 1.46. The van der Waals surface area contributed by atoms with Gasteiger partial charge in [-0.2, -0.15) is 0 Å². The van der Waals surface area contributed by atoms with Crippen LogP contribution in [0.4, 0.5) is 0 Å². The van der Waals surface area contributed by atoms with Crippen molar-refractivity contribution in [2.75, 3.05) is 7.11 Å². The molecule has 0 aliphatic carbocycles. The number of ether oxygens (including phenoxy) is 1. The summed E-state index contributed by atoms with van der Waals surface area (Å²) in [5, 5.41) is 19.8. The summed E-state index contributed by atoms with van der Waals surface area (Å²) in [6.07, 6.45) is -1.52. The summed E-state index contributed by atoms with van der Waals surface area (Å²) in [6, 6.07) is 6.73. The Labute approximate surface area is 81.8 Å². The Kier molecular flexibility index (Phi) is 3.48. The van der Waals surface area contributed by atoms with Gasteiger partial charge in [0.15, 0.2) is 0 Å². The van der Waals surface area contributed by atoms with Crippen LogP contribution in [-0.2, 0) is 4.79 Å². The highest BCUT2D eigenvalue weighted by Crippen LogP contribution is 2.26. The minimum atomic E-state index is -1.29. The molecular formula is C10H11O4-. The molecule has 0 aliphatic heterocycles. The topological polar surface area (TPSA) is 69.6 Å². The standard InChI is InChI=1S/C10H12O4/c1-14-9-5-3-2-4-7(9)8(11)6-10(12)13/h2-5,8,11H,6H2,1H3,(H,12,13)/p-1. The van der Waals surface area contributed by atoms with E-state index in [1.165, 1.54) is 7.11 Å². The first kappa shape index (κ1) is 10.5. The lowest BCUT2D eigenvalue weighted by Gasteiger charge is -2.14. The molecule has 0 spiro atoms. The predicted octanol–water partition coefficient (Wildman–Crippen LogP) is -0.131. The predicted molar refractivity (Wildman–Crippen MR) is 47.6 cm³/mol. The van der Waals surface area contributed by atoms with Gasteiger partial charge in [-0.3, -0.25) is 0 Å². The zero-order valence-electron chi connectivity index (χ0n) is 7.77. The Morgan fingerprint density at radius 2 is 2.21 bits per heavy atom. The zero-order chi connectivity index (χ0) is 10.6. The molecule has 0 aliphatic rings. The van der Waals surface area contributed by atoms with Crippen LogP contribution in [-0.4, -0.2) is 18.2 Å². The number of carboxylic acids is 1. The molecule has 1 aromatic rings. The molecule has 0 aromatic heterocycles. The molecule has 0 saturated carbocycles. The fourth-order valence-corrected chi connectivity index (χ4v) is 1.21. The number of carbonyl (C=O) groups is 1. The maximum absolute atomic E-state index is 10.3. The van der Waals surface area contributed by atoms with Gasteiger partial charge in [0.05, 0.1) is 13.2 Å². The molecule has 1 unspecified atom stereocenters. The van der Waals surface area contributed by atoms with Crippen LogP contribution in [0.1, 0.15) is 18.1 Å². The molecule has 1 rings (SSSR count). The second-order valence-electron chi connectivity index (χ2n) is 2.83. The Bertz CT molecular complexity index is 322. The van der Waals surface area contributed by atoms with Crippen molar-refractivity contribution in [1.29, 1.82) is 0 Å². The molecule has 0 heterocycles. The number of hydrogen-bond donors (Lipinski definition) is 1. The molecular weight excluding hydrogens is 184 g/mol. The first-order valence-electron chi connectivity index (χ1n) is 4.16. The maximum Gasteiger partial charge on any atom is 0.124 e. The lowest BCUT2D eigenvalue weighted by molar-refractivity contribution is -0.307. The normalized spacial score (nSPS) is 12.1. The molecule has 4 heteroatoms. The van der Waals surface area contributed by atoms with Crippen LogP contribution in [0.3, 0.4) is 0 Å². The van der Waals surface area contributed by atoms with E-state index in [0.717, 1.165) is 0 Å². The number of methoxy groups -OCH3 is 1. The number of rotatable bonds is 4. The highest BCUT2D eigenvalue weighted by molar-refractivity contribution is 5.65. The highest BCUT2D eigenvalue weighted by Gasteiger charge is 2.12. The fourth-order valence-electron chi connectivity index (χ4n) is 1.21. The van der Waals surface area contributed by atoms with Gasteiger partial charge in [0, 0.05) is 18.0 Å². The number of benzene rings is 1. The van der Waals surface area contributed by atoms with E-state index in [-0.39, 0.29) is 0 Å². The molecule has 0 bridgehead atoms. The largest absolute Gasteiger partial charge is 0.550 e. The van der Waals surface area contributed by atoms with Crippen LogP contribution in [0.25, 0.3) is 0 Å². The third-order valence-corrected chi connectivity index (χ3v) is 1.86. The van der Waals surface area contributed by atoms with Crippen LogP contribution in [0.15, 0.2) is 24.3 Å². The van der Waals surface area contributed by atoms with Crippen LogP contribution >= 0.6 is 0 Å². The number of carboxylic acid groups (broad SMARTS) is 1. The quantitative estimate of drug-likeness (QED) is 0.726. The maximum atomic E-state index is 10.3. The summed E-state index contributed by atoms with van der Waals surface area (Å²) in [4.78, 5) is 10.3. The minimum Gasteiger partial charge on any atom is -0.550 e. The van der Waals surface area contributed by atoms with Crippen LogP contribution in [0.5, 0.6) is 5.75 Å². The first-order chi connectivity index (χ1) is 6.65. The van der Waals surface area contributed by atoms with E-state index < -0.39 is 18.5 Å². The monoisotopic (exact) mass is 195 g/mol. The molecule has 1 atom stereocenters. The first-order valence-corrected chi connectivity index (χ1v) is 4.16. The van der Waals surface area contributed by atoms with E-state index in [4.69, 9.17) is 4.74 Å². The molecule has 0 radical (unpaired) electrons. The van der Waals surface area contributed by atoms with Crippen molar-refractivity contribution < 1.29 is 19.7 Å². The van der Waals surface area contributed by atoms with E-state index >= 15 is 0 Å². The number of hydrogen-bond acceptors (Lipinski definition) is 4. The van der Waals surface area contributed by atoms with Gasteiger partial charge in [-0.05, 0) is 6.07 Å². The zero-order valence-corrected chi connectivity index (χ0v) is 7.77. The SMILES string of the molecule is COc1ccccc1C(O)CC(=O)[O-]. The van der Waals surface area contributed by atoms with Gasteiger partial charge in [0.25, 0.3) is 0 Å². The van der Waals surface area contributed by atoms with Crippen molar-refractivity contribution in [3.8, 4) is 5.75 Å². The second kappa shape index (κ2) is 4.62. The third-order valence-electron chi connectivity index (χ3n) is 1.86. The Hall–Kier alpha value is -1.55. The number of aliphatic carboxylic acids is 1. The number of aliphatic hydroxyl groups is 1. The number of para-hydroxylation sites is 1. The molecule has 0 saturated heterocycles. The smallest absolute Gasteiger partial charge is 0.124 e. The minimum absolute atomic E-state index is 0.430. The molecule has 0 amide bonds. The molecule has 0 fully saturated rings. The second-order valence-corrected chi connectivity index (χ2v) is 2.83. The van der Waals surface area contributed by atoms with Crippen molar-refractivity contribution in [1.82, 2.24) is 0 Å². The summed E-state index contributed by atoms with van der Waals surface area (Å²) >= 11 is 0. The van der Waals surface area contributed by atoms with E-state index in [0.29, 0.717) is 11.3 Å². The van der Waals surface area contributed by atoms with Crippen molar-refractivity contribution in [2.24, 2.45) is 0 Å². The summed E-state index contributed by atoms with van der Waals surface area (Å²) in [6.45, 7) is 0. The van der Waals surface area contributed by atoms with E-state index in [2.05, 4.69) is 0 Å². The van der Waals surface area contributed by atoms with Gasteiger partial charge < -0.3 is 19.7 Å². The fraction of sp³-hybridized carbons (Fsp3) is 0.300. The highest BCUT2D eigenvalue weighted by atomic mass is 16.5. The lowest BCUT2D eigenvalue weighted by Crippen LogP contribution is -2.24. The molecule has 14 heavy (non-hydrogen) atoms. The van der Waals surface area contributed by atoms with Gasteiger partial charge in [-0.1, -0.05) is 18.2 Å². The number of aliphatic hydroxyl groups excluding tert-OH is 1. The van der Waals surface area contributed by atoms with Crippen LogP contribution in [0, 0.1) is 0 Å². The van der Waals surface area contributed by atoms with Crippen LogP contribution in [0.2, 0.25) is 0 Å². The van der Waals surface area contributed by atoms with Gasteiger partial charge in [-0.25, -0.2) is 0 Å². The van der Waals surface area contributed by atoms with E-state index in [1.807, 2.05) is 0 Å². The molecule has 76 valence electrons. The van der Waals surface area contributed by atoms with E-state index in [9.17, 15) is 15.0 Å². The van der Waals surface area contributed by atoms with Gasteiger partial charge in [0.2, 0.25) is 0 Å².